The molecule has 0 aromatic heterocycles. The number of nitrogens with one attached hydrogen (secondary N) is 1. The van der Waals surface area contributed by atoms with Crippen LogP contribution in [-0.4, -0.2) is 74.4 Å². The number of likely N-dealkylation sites (N-methyl/N-ethyl adjacent to an activating group) is 1. The van der Waals surface area contributed by atoms with Gasteiger partial charge in [-0.15, -0.1) is 0 Å². The molecule has 4 heteroatoms. The zero-order valence-electron chi connectivity index (χ0n) is 15.1. The molecule has 3 unspecified atom stereocenters. The highest BCUT2D eigenvalue weighted by atomic mass is 16.5. The van der Waals surface area contributed by atoms with Crippen molar-refractivity contribution in [3.05, 3.63) is 0 Å². The molecule has 3 atom stereocenters. The highest BCUT2D eigenvalue weighted by Crippen LogP contribution is 2.42. The molecule has 0 aliphatic carbocycles. The van der Waals surface area contributed by atoms with Crippen LogP contribution < -0.4 is 5.32 Å². The maximum Gasteiger partial charge on any atom is 0.0790 e. The van der Waals surface area contributed by atoms with E-state index in [1.165, 1.54) is 26.1 Å². The van der Waals surface area contributed by atoms with Crippen LogP contribution in [0.2, 0.25) is 0 Å². The summed E-state index contributed by atoms with van der Waals surface area (Å²) >= 11 is 0. The monoisotopic (exact) mass is 297 g/mol. The molecule has 0 saturated carbocycles. The fourth-order valence-corrected chi connectivity index (χ4v) is 4.60. The second kappa shape index (κ2) is 6.15. The molecule has 124 valence electrons. The molecule has 2 aliphatic heterocycles. The van der Waals surface area contributed by atoms with Gasteiger partial charge in [0.05, 0.1) is 11.2 Å². The molecule has 2 heterocycles. The summed E-state index contributed by atoms with van der Waals surface area (Å²) < 4.78 is 6.34. The van der Waals surface area contributed by atoms with Crippen LogP contribution in [0.3, 0.4) is 0 Å². The lowest BCUT2D eigenvalue weighted by Gasteiger charge is -2.33. The molecule has 0 bridgehead atoms. The highest BCUT2D eigenvalue weighted by Gasteiger charge is 2.53. The number of likely N-dealkylation sites (tertiary alicyclic amines) is 1. The summed E-state index contributed by atoms with van der Waals surface area (Å²) in [6.07, 6.45) is 1.34. The summed E-state index contributed by atoms with van der Waals surface area (Å²) in [4.78, 5) is 4.96. The third-order valence-electron chi connectivity index (χ3n) is 5.45. The lowest BCUT2D eigenvalue weighted by molar-refractivity contribution is -0.0791. The zero-order valence-corrected chi connectivity index (χ0v) is 15.1. The average Bonchev–Trinajstić information content (AvgIpc) is 2.78. The number of rotatable bonds is 5. The smallest absolute Gasteiger partial charge is 0.0790 e. The predicted octanol–water partition coefficient (Wildman–Crippen LogP) is 1.66. The molecule has 0 radical (unpaired) electrons. The van der Waals surface area contributed by atoms with Crippen molar-refractivity contribution in [3.8, 4) is 0 Å². The van der Waals surface area contributed by atoms with Gasteiger partial charge >= 0.3 is 0 Å². The van der Waals surface area contributed by atoms with Gasteiger partial charge in [-0.25, -0.2) is 0 Å². The van der Waals surface area contributed by atoms with Crippen LogP contribution in [0.4, 0.5) is 0 Å². The Hall–Kier alpha value is -0.160. The maximum atomic E-state index is 6.34. The van der Waals surface area contributed by atoms with Crippen LogP contribution >= 0.6 is 0 Å². The van der Waals surface area contributed by atoms with E-state index in [9.17, 15) is 0 Å². The minimum atomic E-state index is -0.0999. The molecule has 0 amide bonds. The van der Waals surface area contributed by atoms with Gasteiger partial charge in [-0.05, 0) is 67.7 Å². The number of hydrogen-bond donors (Lipinski definition) is 1. The second-order valence-electron chi connectivity index (χ2n) is 8.32. The molecule has 21 heavy (non-hydrogen) atoms. The van der Waals surface area contributed by atoms with Gasteiger partial charge in [0.25, 0.3) is 0 Å². The van der Waals surface area contributed by atoms with E-state index in [4.69, 9.17) is 4.74 Å². The van der Waals surface area contributed by atoms with Crippen LogP contribution in [0.5, 0.6) is 0 Å². The fourth-order valence-electron chi connectivity index (χ4n) is 4.60. The SMILES string of the molecule is CNC1C(CN(C)CC2CCN(C)C2)C(C)(C)OC1(C)C. The van der Waals surface area contributed by atoms with Crippen molar-refractivity contribution >= 4 is 0 Å². The first-order valence-corrected chi connectivity index (χ1v) is 8.40. The Kier molecular flexibility index (Phi) is 5.04. The first kappa shape index (κ1) is 17.2. The molecule has 0 aromatic carbocycles. The van der Waals surface area contributed by atoms with Crippen molar-refractivity contribution in [1.82, 2.24) is 15.1 Å². The fraction of sp³-hybridized carbons (Fsp3) is 1.00. The highest BCUT2D eigenvalue weighted by molar-refractivity contribution is 5.05. The minimum absolute atomic E-state index is 0.0715. The van der Waals surface area contributed by atoms with E-state index in [0.29, 0.717) is 12.0 Å². The Morgan fingerprint density at radius 1 is 1.19 bits per heavy atom. The second-order valence-corrected chi connectivity index (χ2v) is 8.32. The number of ether oxygens (including phenoxy) is 1. The van der Waals surface area contributed by atoms with Crippen molar-refractivity contribution in [2.75, 3.05) is 47.3 Å². The van der Waals surface area contributed by atoms with Crippen molar-refractivity contribution in [1.29, 1.82) is 0 Å². The van der Waals surface area contributed by atoms with Gasteiger partial charge < -0.3 is 19.9 Å². The van der Waals surface area contributed by atoms with E-state index < -0.39 is 0 Å². The molecular formula is C17H35N3O. The quantitative estimate of drug-likeness (QED) is 0.835. The van der Waals surface area contributed by atoms with E-state index in [1.54, 1.807) is 0 Å². The zero-order chi connectivity index (χ0) is 15.8. The first-order valence-electron chi connectivity index (χ1n) is 8.40. The lowest BCUT2D eigenvalue weighted by Crippen LogP contribution is -2.49. The van der Waals surface area contributed by atoms with Gasteiger partial charge in [0.15, 0.2) is 0 Å². The molecule has 2 fully saturated rings. The Morgan fingerprint density at radius 3 is 2.38 bits per heavy atom. The molecule has 1 N–H and O–H groups in total. The van der Waals surface area contributed by atoms with Crippen molar-refractivity contribution in [3.63, 3.8) is 0 Å². The Morgan fingerprint density at radius 2 is 1.86 bits per heavy atom. The summed E-state index contributed by atoms with van der Waals surface area (Å²) in [6, 6.07) is 0.404. The van der Waals surface area contributed by atoms with Gasteiger partial charge in [-0.3, -0.25) is 0 Å². The molecule has 0 spiro atoms. The molecule has 0 aromatic rings. The van der Waals surface area contributed by atoms with Crippen LogP contribution in [0.25, 0.3) is 0 Å². The average molecular weight is 297 g/mol. The summed E-state index contributed by atoms with van der Waals surface area (Å²) in [5, 5.41) is 3.51. The lowest BCUT2D eigenvalue weighted by atomic mass is 9.82. The van der Waals surface area contributed by atoms with Crippen molar-refractivity contribution < 1.29 is 4.74 Å². The van der Waals surface area contributed by atoms with E-state index in [0.717, 1.165) is 12.5 Å². The third kappa shape index (κ3) is 3.79. The number of hydrogen-bond acceptors (Lipinski definition) is 4. The van der Waals surface area contributed by atoms with Crippen molar-refractivity contribution in [2.24, 2.45) is 11.8 Å². The molecular weight excluding hydrogens is 262 g/mol. The van der Waals surface area contributed by atoms with Crippen LogP contribution in [0.15, 0.2) is 0 Å². The van der Waals surface area contributed by atoms with Crippen LogP contribution in [-0.2, 0) is 4.74 Å². The van der Waals surface area contributed by atoms with E-state index >= 15 is 0 Å². The number of nitrogens with zero attached hydrogens (tertiary/aromatic N) is 2. The Bertz CT molecular complexity index is 356. The summed E-state index contributed by atoms with van der Waals surface area (Å²) in [7, 11) is 6.57. The molecule has 2 saturated heterocycles. The largest absolute Gasteiger partial charge is 0.368 e. The van der Waals surface area contributed by atoms with E-state index in [1.807, 2.05) is 0 Å². The molecule has 2 aliphatic rings. The first-order chi connectivity index (χ1) is 9.65. The predicted molar refractivity (Wildman–Crippen MR) is 88.7 cm³/mol. The van der Waals surface area contributed by atoms with E-state index in [2.05, 4.69) is 64.0 Å². The summed E-state index contributed by atoms with van der Waals surface area (Å²) in [6.45, 7) is 13.7. The topological polar surface area (TPSA) is 27.7 Å². The molecule has 2 rings (SSSR count). The maximum absolute atomic E-state index is 6.34. The van der Waals surface area contributed by atoms with Crippen LogP contribution in [0, 0.1) is 11.8 Å². The normalized spacial score (nSPS) is 35.7. The van der Waals surface area contributed by atoms with Crippen LogP contribution in [0.1, 0.15) is 34.1 Å². The van der Waals surface area contributed by atoms with Crippen molar-refractivity contribution in [2.45, 2.75) is 51.4 Å². The van der Waals surface area contributed by atoms with Gasteiger partial charge in [-0.1, -0.05) is 0 Å². The van der Waals surface area contributed by atoms with E-state index in [-0.39, 0.29) is 11.2 Å². The standard InChI is InChI=1S/C17H35N3O/c1-16(2)14(15(18-5)17(3,4)21-16)12-20(7)11-13-8-9-19(6)10-13/h13-15,18H,8-12H2,1-7H3. The van der Waals surface area contributed by atoms with Gasteiger partial charge in [0.2, 0.25) is 0 Å². The molecule has 4 nitrogen and oxygen atoms in total. The summed E-state index contributed by atoms with van der Waals surface area (Å²) in [5.41, 5.74) is -0.171. The Labute approximate surface area is 131 Å². The Balaban J connectivity index is 1.96. The van der Waals surface area contributed by atoms with Gasteiger partial charge in [-0.2, -0.15) is 0 Å². The third-order valence-corrected chi connectivity index (χ3v) is 5.45. The van der Waals surface area contributed by atoms with Gasteiger partial charge in [0, 0.05) is 31.6 Å². The minimum Gasteiger partial charge on any atom is -0.368 e. The van der Waals surface area contributed by atoms with Gasteiger partial charge in [0.1, 0.15) is 0 Å². The summed E-state index contributed by atoms with van der Waals surface area (Å²) in [5.74, 6) is 1.34.